The molecule has 0 aliphatic carbocycles. The molecule has 2 aromatic heterocycles. The van der Waals surface area contributed by atoms with Crippen LogP contribution in [0.1, 0.15) is 22.5 Å². The Kier molecular flexibility index (Phi) is 5.93. The predicted molar refractivity (Wildman–Crippen MR) is 106 cm³/mol. The molecule has 1 N–H and O–H groups in total. The number of amides is 1. The minimum atomic E-state index is -0.103. The number of carbonyl (C=O) groups is 1. The van der Waals surface area contributed by atoms with Crippen LogP contribution in [0.5, 0.6) is 11.5 Å². The van der Waals surface area contributed by atoms with Gasteiger partial charge in [-0.3, -0.25) is 4.79 Å². The first-order valence-corrected chi connectivity index (χ1v) is 8.96. The first kappa shape index (κ1) is 19.4. The molecular formula is C21H24N4O3. The molecule has 0 saturated carbocycles. The molecule has 2 heterocycles. The van der Waals surface area contributed by atoms with Crippen molar-refractivity contribution >= 4 is 5.91 Å². The third-order valence-electron chi connectivity index (χ3n) is 4.36. The lowest BCUT2D eigenvalue weighted by Crippen LogP contribution is -2.24. The Bertz CT molecular complexity index is 964. The summed E-state index contributed by atoms with van der Waals surface area (Å²) in [6.45, 7) is 4.34. The van der Waals surface area contributed by atoms with E-state index >= 15 is 0 Å². The number of carbonyl (C=O) groups excluding carboxylic acids is 1. The van der Waals surface area contributed by atoms with Gasteiger partial charge in [-0.1, -0.05) is 6.07 Å². The van der Waals surface area contributed by atoms with Gasteiger partial charge in [0, 0.05) is 24.0 Å². The molecule has 0 radical (unpaired) electrons. The quantitative estimate of drug-likeness (QED) is 0.682. The van der Waals surface area contributed by atoms with Crippen molar-refractivity contribution in [3.8, 4) is 17.3 Å². The summed E-state index contributed by atoms with van der Waals surface area (Å²) in [6.07, 6.45) is 1.95. The maximum Gasteiger partial charge on any atom is 0.224 e. The molecule has 0 aliphatic heterocycles. The van der Waals surface area contributed by atoms with Crippen molar-refractivity contribution in [3.05, 3.63) is 65.1 Å². The summed E-state index contributed by atoms with van der Waals surface area (Å²) < 4.78 is 12.3. The van der Waals surface area contributed by atoms with Gasteiger partial charge < -0.3 is 14.8 Å². The van der Waals surface area contributed by atoms with Crippen LogP contribution in [0.3, 0.4) is 0 Å². The molecule has 0 saturated heterocycles. The van der Waals surface area contributed by atoms with Gasteiger partial charge in [0.15, 0.2) is 5.82 Å². The number of methoxy groups -OCH3 is 2. The lowest BCUT2D eigenvalue weighted by molar-refractivity contribution is -0.120. The van der Waals surface area contributed by atoms with Crippen LogP contribution >= 0.6 is 0 Å². The molecule has 1 aromatic carbocycles. The minimum absolute atomic E-state index is 0.103. The Morgan fingerprint density at radius 3 is 2.54 bits per heavy atom. The molecule has 3 aromatic rings. The normalized spacial score (nSPS) is 10.6. The van der Waals surface area contributed by atoms with Crippen molar-refractivity contribution in [2.45, 2.75) is 26.8 Å². The van der Waals surface area contributed by atoms with E-state index in [-0.39, 0.29) is 12.3 Å². The zero-order valence-electron chi connectivity index (χ0n) is 16.5. The second-order valence-corrected chi connectivity index (χ2v) is 6.49. The molecule has 0 atom stereocenters. The van der Waals surface area contributed by atoms with Crippen molar-refractivity contribution in [3.63, 3.8) is 0 Å². The molecule has 28 heavy (non-hydrogen) atoms. The minimum Gasteiger partial charge on any atom is -0.497 e. The van der Waals surface area contributed by atoms with E-state index in [1.165, 1.54) is 0 Å². The average Bonchev–Trinajstić information content (AvgIpc) is 3.04. The van der Waals surface area contributed by atoms with Gasteiger partial charge >= 0.3 is 0 Å². The third-order valence-corrected chi connectivity index (χ3v) is 4.36. The van der Waals surface area contributed by atoms with E-state index in [0.29, 0.717) is 18.0 Å². The van der Waals surface area contributed by atoms with Crippen LogP contribution in [0.25, 0.3) is 5.82 Å². The fraction of sp³-hybridized carbons (Fsp3) is 0.286. The van der Waals surface area contributed by atoms with E-state index in [4.69, 9.17) is 9.47 Å². The smallest absolute Gasteiger partial charge is 0.224 e. The summed E-state index contributed by atoms with van der Waals surface area (Å²) in [5.41, 5.74) is 3.66. The Balaban J connectivity index is 1.61. The Morgan fingerprint density at radius 2 is 1.93 bits per heavy atom. The van der Waals surface area contributed by atoms with E-state index in [1.807, 2.05) is 38.1 Å². The molecule has 146 valence electrons. The fourth-order valence-corrected chi connectivity index (χ4v) is 2.96. The van der Waals surface area contributed by atoms with Gasteiger partial charge in [-0.05, 0) is 49.7 Å². The van der Waals surface area contributed by atoms with Crippen LogP contribution < -0.4 is 14.8 Å². The first-order valence-electron chi connectivity index (χ1n) is 8.96. The summed E-state index contributed by atoms with van der Waals surface area (Å²) in [4.78, 5) is 16.8. The molecular weight excluding hydrogens is 356 g/mol. The van der Waals surface area contributed by atoms with Gasteiger partial charge in [0.25, 0.3) is 0 Å². The van der Waals surface area contributed by atoms with E-state index in [0.717, 1.165) is 28.3 Å². The van der Waals surface area contributed by atoms with Crippen molar-refractivity contribution in [1.29, 1.82) is 0 Å². The summed E-state index contributed by atoms with van der Waals surface area (Å²) in [6, 6.07) is 11.2. The summed E-state index contributed by atoms with van der Waals surface area (Å²) in [7, 11) is 3.17. The standard InChI is InChI=1S/C21H24N4O3/c1-14-9-15(2)25(24-14)20-8-5-16(12-22-20)13-23-21(26)11-17-10-18(27-3)6-7-19(17)28-4/h5-10,12H,11,13H2,1-4H3,(H,23,26). The van der Waals surface area contributed by atoms with Crippen LogP contribution in [-0.4, -0.2) is 34.9 Å². The third kappa shape index (κ3) is 4.49. The van der Waals surface area contributed by atoms with Gasteiger partial charge in [-0.2, -0.15) is 5.10 Å². The monoisotopic (exact) mass is 380 g/mol. The highest BCUT2D eigenvalue weighted by molar-refractivity contribution is 5.79. The number of aromatic nitrogens is 3. The summed E-state index contributed by atoms with van der Waals surface area (Å²) in [5.74, 6) is 2.00. The van der Waals surface area contributed by atoms with Crippen molar-refractivity contribution in [1.82, 2.24) is 20.1 Å². The lowest BCUT2D eigenvalue weighted by atomic mass is 10.1. The SMILES string of the molecule is COc1ccc(OC)c(CC(=O)NCc2ccc(-n3nc(C)cc3C)nc2)c1. The van der Waals surface area contributed by atoms with Gasteiger partial charge in [0.05, 0.1) is 26.3 Å². The Hall–Kier alpha value is -3.35. The number of nitrogens with one attached hydrogen (secondary N) is 1. The maximum absolute atomic E-state index is 12.3. The van der Waals surface area contributed by atoms with Crippen molar-refractivity contribution in [2.75, 3.05) is 14.2 Å². The molecule has 0 unspecified atom stereocenters. The molecule has 7 heteroatoms. The van der Waals surface area contributed by atoms with Gasteiger partial charge in [-0.25, -0.2) is 9.67 Å². The van der Waals surface area contributed by atoms with Crippen LogP contribution in [0.15, 0.2) is 42.6 Å². The summed E-state index contributed by atoms with van der Waals surface area (Å²) in [5, 5.41) is 7.34. The predicted octanol–water partition coefficient (Wildman–Crippen LogP) is 2.76. The van der Waals surface area contributed by atoms with Crippen LogP contribution in [-0.2, 0) is 17.8 Å². The van der Waals surface area contributed by atoms with E-state index in [9.17, 15) is 4.79 Å². The highest BCUT2D eigenvalue weighted by Gasteiger charge is 2.11. The number of hydrogen-bond donors (Lipinski definition) is 1. The number of hydrogen-bond acceptors (Lipinski definition) is 5. The van der Waals surface area contributed by atoms with E-state index in [2.05, 4.69) is 15.4 Å². The molecule has 0 bridgehead atoms. The number of aryl methyl sites for hydroxylation is 2. The zero-order chi connectivity index (χ0) is 20.1. The number of ether oxygens (including phenoxy) is 2. The second-order valence-electron chi connectivity index (χ2n) is 6.49. The van der Waals surface area contributed by atoms with Gasteiger partial charge in [0.2, 0.25) is 5.91 Å². The molecule has 1 amide bonds. The largest absolute Gasteiger partial charge is 0.497 e. The van der Waals surface area contributed by atoms with Crippen LogP contribution in [0, 0.1) is 13.8 Å². The topological polar surface area (TPSA) is 78.3 Å². The molecule has 0 spiro atoms. The summed E-state index contributed by atoms with van der Waals surface area (Å²) >= 11 is 0. The Labute approximate surface area is 164 Å². The van der Waals surface area contributed by atoms with Gasteiger partial charge in [-0.15, -0.1) is 0 Å². The molecule has 7 nitrogen and oxygen atoms in total. The molecule has 0 aliphatic rings. The average molecular weight is 380 g/mol. The molecule has 3 rings (SSSR count). The van der Waals surface area contributed by atoms with E-state index < -0.39 is 0 Å². The Morgan fingerprint density at radius 1 is 1.11 bits per heavy atom. The number of rotatable bonds is 7. The highest BCUT2D eigenvalue weighted by Crippen LogP contribution is 2.24. The van der Waals surface area contributed by atoms with Crippen LogP contribution in [0.2, 0.25) is 0 Å². The number of pyridine rings is 1. The molecule has 0 fully saturated rings. The van der Waals surface area contributed by atoms with E-state index in [1.54, 1.807) is 37.2 Å². The lowest BCUT2D eigenvalue weighted by Gasteiger charge is -2.11. The number of benzene rings is 1. The zero-order valence-corrected chi connectivity index (χ0v) is 16.5. The number of nitrogens with zero attached hydrogens (tertiary/aromatic N) is 3. The first-order chi connectivity index (χ1) is 13.5. The van der Waals surface area contributed by atoms with Crippen molar-refractivity contribution < 1.29 is 14.3 Å². The maximum atomic E-state index is 12.3. The van der Waals surface area contributed by atoms with Crippen molar-refractivity contribution in [2.24, 2.45) is 0 Å². The fourth-order valence-electron chi connectivity index (χ4n) is 2.96. The second kappa shape index (κ2) is 8.56. The van der Waals surface area contributed by atoms with Gasteiger partial charge in [0.1, 0.15) is 11.5 Å². The highest BCUT2D eigenvalue weighted by atomic mass is 16.5. The van der Waals surface area contributed by atoms with Crippen LogP contribution in [0.4, 0.5) is 0 Å².